The minimum atomic E-state index is 0.223. The van der Waals surface area contributed by atoms with Crippen molar-refractivity contribution in [2.75, 3.05) is 6.54 Å². The van der Waals surface area contributed by atoms with Crippen LogP contribution in [-0.2, 0) is 6.42 Å². The van der Waals surface area contributed by atoms with Crippen LogP contribution in [0.15, 0.2) is 39.6 Å². The van der Waals surface area contributed by atoms with E-state index in [0.717, 1.165) is 30.9 Å². The molecule has 2 heterocycles. The maximum absolute atomic E-state index is 5.70. The van der Waals surface area contributed by atoms with Gasteiger partial charge in [0.2, 0.25) is 0 Å². The fourth-order valence-electron chi connectivity index (χ4n) is 1.88. The highest BCUT2D eigenvalue weighted by Gasteiger charge is 2.15. The third-order valence-corrected chi connectivity index (χ3v) is 2.77. The summed E-state index contributed by atoms with van der Waals surface area (Å²) in [7, 11) is 0. The maximum Gasteiger partial charge on any atom is 0.121 e. The van der Waals surface area contributed by atoms with Crippen LogP contribution in [0.5, 0.6) is 0 Å². The van der Waals surface area contributed by atoms with Crippen molar-refractivity contribution in [3.63, 3.8) is 0 Å². The normalized spacial score (nSPS) is 12.8. The monoisotopic (exact) mass is 233 g/mol. The maximum atomic E-state index is 5.70. The number of aryl methyl sites for hydroxylation is 1. The van der Waals surface area contributed by atoms with Crippen LogP contribution in [0.3, 0.4) is 0 Å². The topological polar surface area (TPSA) is 38.3 Å². The van der Waals surface area contributed by atoms with Crippen LogP contribution in [0.1, 0.15) is 36.5 Å². The predicted molar refractivity (Wildman–Crippen MR) is 66.9 cm³/mol. The summed E-state index contributed by atoms with van der Waals surface area (Å²) in [6, 6.07) is 6.27. The predicted octanol–water partition coefficient (Wildman–Crippen LogP) is 3.46. The van der Waals surface area contributed by atoms with Crippen LogP contribution in [0.25, 0.3) is 0 Å². The van der Waals surface area contributed by atoms with Crippen molar-refractivity contribution in [2.45, 2.75) is 32.7 Å². The molecule has 17 heavy (non-hydrogen) atoms. The Bertz CT molecular complexity index is 431. The van der Waals surface area contributed by atoms with Crippen molar-refractivity contribution in [3.8, 4) is 0 Å². The van der Waals surface area contributed by atoms with Crippen LogP contribution in [0, 0.1) is 6.92 Å². The standard InChI is InChI=1S/C14H19NO2/c1-3-7-15-13(9-12-6-8-16-10-12)14-5-4-11(2)17-14/h4-6,8,10,13,15H,3,7,9H2,1-2H3. The van der Waals surface area contributed by atoms with Gasteiger partial charge in [-0.2, -0.15) is 0 Å². The van der Waals surface area contributed by atoms with E-state index in [-0.39, 0.29) is 6.04 Å². The number of rotatable bonds is 6. The van der Waals surface area contributed by atoms with E-state index in [1.807, 2.05) is 25.1 Å². The highest BCUT2D eigenvalue weighted by atomic mass is 16.3. The Morgan fingerprint density at radius 3 is 2.76 bits per heavy atom. The Balaban J connectivity index is 2.07. The summed E-state index contributed by atoms with van der Waals surface area (Å²) in [5, 5.41) is 3.50. The second-order valence-electron chi connectivity index (χ2n) is 4.29. The van der Waals surface area contributed by atoms with Crippen molar-refractivity contribution < 1.29 is 8.83 Å². The molecule has 0 saturated heterocycles. The summed E-state index contributed by atoms with van der Waals surface area (Å²) in [4.78, 5) is 0. The van der Waals surface area contributed by atoms with E-state index in [2.05, 4.69) is 12.2 Å². The molecule has 3 heteroatoms. The zero-order valence-electron chi connectivity index (χ0n) is 10.4. The van der Waals surface area contributed by atoms with Gasteiger partial charge >= 0.3 is 0 Å². The van der Waals surface area contributed by atoms with Gasteiger partial charge in [0, 0.05) is 0 Å². The Hall–Kier alpha value is -1.48. The molecule has 0 radical (unpaired) electrons. The Labute approximate surface area is 102 Å². The molecular weight excluding hydrogens is 214 g/mol. The highest BCUT2D eigenvalue weighted by Crippen LogP contribution is 2.21. The quantitative estimate of drug-likeness (QED) is 0.830. The largest absolute Gasteiger partial charge is 0.472 e. The van der Waals surface area contributed by atoms with E-state index >= 15 is 0 Å². The van der Waals surface area contributed by atoms with E-state index in [0.29, 0.717) is 0 Å². The Morgan fingerprint density at radius 1 is 1.29 bits per heavy atom. The summed E-state index contributed by atoms with van der Waals surface area (Å²) >= 11 is 0. The Morgan fingerprint density at radius 2 is 2.18 bits per heavy atom. The molecule has 0 aliphatic carbocycles. The van der Waals surface area contributed by atoms with Crippen molar-refractivity contribution in [1.82, 2.24) is 5.32 Å². The minimum Gasteiger partial charge on any atom is -0.472 e. The van der Waals surface area contributed by atoms with E-state index < -0.39 is 0 Å². The molecule has 0 amide bonds. The van der Waals surface area contributed by atoms with E-state index in [1.54, 1.807) is 12.5 Å². The minimum absolute atomic E-state index is 0.223. The molecule has 3 nitrogen and oxygen atoms in total. The zero-order chi connectivity index (χ0) is 12.1. The second kappa shape index (κ2) is 5.73. The molecule has 1 atom stereocenters. The molecule has 0 aliphatic heterocycles. The summed E-state index contributed by atoms with van der Waals surface area (Å²) in [5.74, 6) is 1.95. The molecule has 0 saturated carbocycles. The third kappa shape index (κ3) is 3.24. The summed E-state index contributed by atoms with van der Waals surface area (Å²) in [6.07, 6.45) is 5.50. The van der Waals surface area contributed by atoms with Gasteiger partial charge in [-0.3, -0.25) is 0 Å². The number of hydrogen-bond donors (Lipinski definition) is 1. The Kier molecular flexibility index (Phi) is 4.04. The zero-order valence-corrected chi connectivity index (χ0v) is 10.4. The van der Waals surface area contributed by atoms with Gasteiger partial charge in [-0.1, -0.05) is 6.92 Å². The van der Waals surface area contributed by atoms with Crippen molar-refractivity contribution in [3.05, 3.63) is 47.8 Å². The van der Waals surface area contributed by atoms with E-state index in [4.69, 9.17) is 8.83 Å². The number of furan rings is 2. The molecule has 0 bridgehead atoms. The second-order valence-corrected chi connectivity index (χ2v) is 4.29. The summed E-state index contributed by atoms with van der Waals surface area (Å²) in [5.41, 5.74) is 1.19. The smallest absolute Gasteiger partial charge is 0.121 e. The van der Waals surface area contributed by atoms with E-state index in [9.17, 15) is 0 Å². The molecule has 0 aliphatic rings. The van der Waals surface area contributed by atoms with Crippen LogP contribution in [-0.4, -0.2) is 6.54 Å². The highest BCUT2D eigenvalue weighted by molar-refractivity contribution is 5.15. The molecule has 1 N–H and O–H groups in total. The van der Waals surface area contributed by atoms with Gasteiger partial charge in [0.15, 0.2) is 0 Å². The van der Waals surface area contributed by atoms with Crippen LogP contribution >= 0.6 is 0 Å². The molecule has 1 unspecified atom stereocenters. The van der Waals surface area contributed by atoms with Crippen molar-refractivity contribution in [2.24, 2.45) is 0 Å². The van der Waals surface area contributed by atoms with Gasteiger partial charge in [-0.25, -0.2) is 0 Å². The lowest BCUT2D eigenvalue weighted by atomic mass is 10.1. The average molecular weight is 233 g/mol. The molecule has 2 aromatic rings. The molecular formula is C14H19NO2. The van der Waals surface area contributed by atoms with Crippen molar-refractivity contribution >= 4 is 0 Å². The average Bonchev–Trinajstić information content (AvgIpc) is 2.95. The molecule has 2 rings (SSSR count). The molecule has 92 valence electrons. The van der Waals surface area contributed by atoms with Gasteiger partial charge in [-0.15, -0.1) is 0 Å². The molecule has 0 spiro atoms. The lowest BCUT2D eigenvalue weighted by Gasteiger charge is -2.15. The van der Waals surface area contributed by atoms with Crippen LogP contribution in [0.4, 0.5) is 0 Å². The molecule has 2 aromatic heterocycles. The molecule has 0 aromatic carbocycles. The molecule has 0 fully saturated rings. The van der Waals surface area contributed by atoms with Gasteiger partial charge < -0.3 is 14.2 Å². The van der Waals surface area contributed by atoms with Gasteiger partial charge in [0.1, 0.15) is 11.5 Å². The third-order valence-electron chi connectivity index (χ3n) is 2.77. The first-order valence-electron chi connectivity index (χ1n) is 6.10. The van der Waals surface area contributed by atoms with Gasteiger partial charge in [0.05, 0.1) is 18.6 Å². The summed E-state index contributed by atoms with van der Waals surface area (Å²) < 4.78 is 10.8. The van der Waals surface area contributed by atoms with E-state index in [1.165, 1.54) is 5.56 Å². The fraction of sp³-hybridized carbons (Fsp3) is 0.429. The first-order chi connectivity index (χ1) is 8.29. The summed E-state index contributed by atoms with van der Waals surface area (Å²) in [6.45, 7) is 5.12. The first-order valence-corrected chi connectivity index (χ1v) is 6.10. The number of hydrogen-bond acceptors (Lipinski definition) is 3. The van der Waals surface area contributed by atoms with Gasteiger partial charge in [0.25, 0.3) is 0 Å². The van der Waals surface area contributed by atoms with Crippen molar-refractivity contribution in [1.29, 1.82) is 0 Å². The lowest BCUT2D eigenvalue weighted by Crippen LogP contribution is -2.23. The van der Waals surface area contributed by atoms with Crippen LogP contribution in [0.2, 0.25) is 0 Å². The van der Waals surface area contributed by atoms with Crippen LogP contribution < -0.4 is 5.32 Å². The number of nitrogens with one attached hydrogen (secondary N) is 1. The SMILES string of the molecule is CCCNC(Cc1ccoc1)c1ccc(C)o1. The first kappa shape index (κ1) is 12.0. The fourth-order valence-corrected chi connectivity index (χ4v) is 1.88. The van der Waals surface area contributed by atoms with Gasteiger partial charge in [-0.05, 0) is 50.1 Å². The lowest BCUT2D eigenvalue weighted by molar-refractivity contribution is 0.397.